The Morgan fingerprint density at radius 2 is 1.53 bits per heavy atom. The number of hydrogen-bond donors (Lipinski definition) is 0. The van der Waals surface area contributed by atoms with E-state index in [4.69, 9.17) is 32.5 Å². The minimum absolute atomic E-state index is 0.189. The van der Waals surface area contributed by atoms with Crippen molar-refractivity contribution in [2.45, 2.75) is 18.7 Å². The monoisotopic (exact) mass is 518 g/mol. The Hall–Kier alpha value is -3.58. The molecule has 3 atom stereocenters. The molecular weight excluding hydrogens is 499 g/mol. The number of carbonyl (C=O) groups excluding carboxylic acids is 2. The Labute approximate surface area is 217 Å². The molecule has 2 saturated heterocycles. The van der Waals surface area contributed by atoms with Crippen LogP contribution in [-0.4, -0.2) is 22.8 Å². The van der Waals surface area contributed by atoms with Crippen LogP contribution in [0.1, 0.15) is 17.4 Å². The molecule has 0 radical (unpaired) electrons. The fourth-order valence-electron chi connectivity index (χ4n) is 4.82. The van der Waals surface area contributed by atoms with Crippen molar-refractivity contribution in [2.75, 3.05) is 5.06 Å². The van der Waals surface area contributed by atoms with Crippen LogP contribution in [0.15, 0.2) is 95.4 Å². The van der Waals surface area contributed by atoms with Gasteiger partial charge in [0.1, 0.15) is 23.5 Å². The van der Waals surface area contributed by atoms with E-state index >= 15 is 0 Å². The van der Waals surface area contributed by atoms with Gasteiger partial charge in [-0.25, -0.2) is 5.06 Å². The van der Waals surface area contributed by atoms with Gasteiger partial charge in [0, 0.05) is 10.6 Å². The normalized spacial score (nSPS) is 21.3. The first-order valence-electron chi connectivity index (χ1n) is 11.5. The molecular formula is C28H20Cl2N2O4. The molecule has 4 aromatic rings. The highest BCUT2D eigenvalue weighted by Gasteiger charge is 2.60. The van der Waals surface area contributed by atoms with E-state index in [1.807, 2.05) is 60.7 Å². The minimum Gasteiger partial charge on any atom is -0.459 e. The van der Waals surface area contributed by atoms with Crippen molar-refractivity contribution < 1.29 is 18.8 Å². The van der Waals surface area contributed by atoms with Crippen molar-refractivity contribution in [2.24, 2.45) is 5.92 Å². The maximum absolute atomic E-state index is 13.7. The number of nitrogens with zero attached hydrogens (tertiary/aromatic N) is 2. The standard InChI is InChI=1S/C28H20Cl2N2O4/c29-18-11-12-21(30)20(15-18)22-13-14-23(35-22)25-24-26(36-32(25)19-9-5-2-6-10-19)28(34)31(27(24)33)16-17-7-3-1-4-8-17/h1-15,24-26H,16H2/t24-,25-,26-/m1/s1. The molecule has 0 saturated carbocycles. The summed E-state index contributed by atoms with van der Waals surface area (Å²) in [4.78, 5) is 34.4. The summed E-state index contributed by atoms with van der Waals surface area (Å²) >= 11 is 12.6. The Kier molecular flexibility index (Phi) is 5.80. The maximum Gasteiger partial charge on any atom is 0.262 e. The third kappa shape index (κ3) is 3.88. The molecule has 2 aliphatic heterocycles. The van der Waals surface area contributed by atoms with Crippen molar-refractivity contribution in [3.8, 4) is 11.3 Å². The summed E-state index contributed by atoms with van der Waals surface area (Å²) in [6.07, 6.45) is -0.949. The smallest absolute Gasteiger partial charge is 0.262 e. The van der Waals surface area contributed by atoms with Gasteiger partial charge >= 0.3 is 0 Å². The molecule has 2 amide bonds. The van der Waals surface area contributed by atoms with Gasteiger partial charge in [-0.2, -0.15) is 0 Å². The van der Waals surface area contributed by atoms with E-state index in [9.17, 15) is 9.59 Å². The Morgan fingerprint density at radius 3 is 2.28 bits per heavy atom. The van der Waals surface area contributed by atoms with Gasteiger partial charge in [-0.1, -0.05) is 71.7 Å². The van der Waals surface area contributed by atoms with Gasteiger partial charge in [-0.05, 0) is 48.0 Å². The zero-order chi connectivity index (χ0) is 24.8. The first-order chi connectivity index (χ1) is 17.5. The molecule has 0 bridgehead atoms. The topological polar surface area (TPSA) is 63.0 Å². The van der Waals surface area contributed by atoms with Crippen molar-refractivity contribution in [3.05, 3.63) is 112 Å². The average Bonchev–Trinajstić information content (AvgIpc) is 3.59. The van der Waals surface area contributed by atoms with Crippen molar-refractivity contribution in [1.29, 1.82) is 0 Å². The SMILES string of the molecule is O=C1[C@@H]2[C@@H](c3ccc(-c4cc(Cl)ccc4Cl)o3)N(c3ccccc3)O[C@H]2C(=O)N1Cc1ccccc1. The van der Waals surface area contributed by atoms with Crippen LogP contribution >= 0.6 is 23.2 Å². The Morgan fingerprint density at radius 1 is 0.806 bits per heavy atom. The lowest BCUT2D eigenvalue weighted by Crippen LogP contribution is -2.36. The summed E-state index contributed by atoms with van der Waals surface area (Å²) in [5.74, 6) is -0.430. The van der Waals surface area contributed by atoms with Gasteiger partial charge in [0.15, 0.2) is 6.10 Å². The van der Waals surface area contributed by atoms with E-state index in [2.05, 4.69) is 0 Å². The molecule has 3 aromatic carbocycles. The van der Waals surface area contributed by atoms with Crippen molar-refractivity contribution in [1.82, 2.24) is 4.90 Å². The van der Waals surface area contributed by atoms with Crippen LogP contribution in [0.5, 0.6) is 0 Å². The van der Waals surface area contributed by atoms with Crippen LogP contribution in [0.2, 0.25) is 10.0 Å². The number of likely N-dealkylation sites (tertiary alicyclic amines) is 1. The number of para-hydroxylation sites is 1. The number of hydroxylamine groups is 1. The Balaban J connectivity index is 1.39. The van der Waals surface area contributed by atoms with Crippen molar-refractivity contribution in [3.63, 3.8) is 0 Å². The lowest BCUT2D eigenvalue weighted by Gasteiger charge is -2.27. The number of anilines is 1. The number of benzene rings is 3. The highest BCUT2D eigenvalue weighted by atomic mass is 35.5. The zero-order valence-corrected chi connectivity index (χ0v) is 20.4. The van der Waals surface area contributed by atoms with Gasteiger partial charge in [-0.3, -0.25) is 19.3 Å². The van der Waals surface area contributed by atoms with E-state index in [0.717, 1.165) is 5.56 Å². The molecule has 6 rings (SSSR count). The van der Waals surface area contributed by atoms with Gasteiger partial charge in [-0.15, -0.1) is 0 Å². The van der Waals surface area contributed by atoms with Crippen LogP contribution in [0.3, 0.4) is 0 Å². The van der Waals surface area contributed by atoms with Crippen molar-refractivity contribution >= 4 is 40.7 Å². The van der Waals surface area contributed by atoms with Gasteiger partial charge in [0.2, 0.25) is 5.91 Å². The van der Waals surface area contributed by atoms with E-state index in [-0.39, 0.29) is 18.4 Å². The molecule has 8 heteroatoms. The number of hydrogen-bond acceptors (Lipinski definition) is 5. The molecule has 2 fully saturated rings. The van der Waals surface area contributed by atoms with Gasteiger partial charge in [0.25, 0.3) is 5.91 Å². The number of fused-ring (bicyclic) bond motifs is 1. The van der Waals surface area contributed by atoms with Crippen LogP contribution in [0.25, 0.3) is 11.3 Å². The van der Waals surface area contributed by atoms with E-state index in [1.165, 1.54) is 4.90 Å². The third-order valence-electron chi connectivity index (χ3n) is 6.51. The number of halogens is 2. The molecule has 36 heavy (non-hydrogen) atoms. The Bertz CT molecular complexity index is 1440. The lowest BCUT2D eigenvalue weighted by molar-refractivity contribution is -0.143. The number of furan rings is 1. The summed E-state index contributed by atoms with van der Waals surface area (Å²) in [5.41, 5.74) is 2.22. The second-order valence-corrected chi connectivity index (χ2v) is 9.58. The van der Waals surface area contributed by atoms with Crippen LogP contribution in [0, 0.1) is 5.92 Å². The molecule has 3 heterocycles. The first-order valence-corrected chi connectivity index (χ1v) is 12.2. The summed E-state index contributed by atoms with van der Waals surface area (Å²) < 4.78 is 6.24. The minimum atomic E-state index is -0.949. The highest BCUT2D eigenvalue weighted by Crippen LogP contribution is 2.48. The third-order valence-corrected chi connectivity index (χ3v) is 7.08. The summed E-state index contributed by atoms with van der Waals surface area (Å²) in [6, 6.07) is 26.8. The number of carbonyl (C=O) groups is 2. The van der Waals surface area contributed by atoms with Crippen LogP contribution in [-0.2, 0) is 21.0 Å². The van der Waals surface area contributed by atoms with Crippen LogP contribution in [0.4, 0.5) is 5.69 Å². The molecule has 1 aromatic heterocycles. The largest absolute Gasteiger partial charge is 0.459 e. The summed E-state index contributed by atoms with van der Waals surface area (Å²) in [7, 11) is 0. The predicted octanol–water partition coefficient (Wildman–Crippen LogP) is 6.30. The average molecular weight is 519 g/mol. The molecule has 6 nitrogen and oxygen atoms in total. The zero-order valence-electron chi connectivity index (χ0n) is 18.9. The van der Waals surface area contributed by atoms with E-state index in [0.29, 0.717) is 32.8 Å². The molecule has 0 N–H and O–H groups in total. The quantitative estimate of drug-likeness (QED) is 0.290. The predicted molar refractivity (Wildman–Crippen MR) is 136 cm³/mol. The van der Waals surface area contributed by atoms with Gasteiger partial charge in [0.05, 0.1) is 17.3 Å². The number of rotatable bonds is 5. The summed E-state index contributed by atoms with van der Waals surface area (Å²) in [6.45, 7) is 0.189. The molecule has 0 aliphatic carbocycles. The van der Waals surface area contributed by atoms with E-state index in [1.54, 1.807) is 35.4 Å². The fraction of sp³-hybridized carbons (Fsp3) is 0.143. The number of imide groups is 1. The molecule has 180 valence electrons. The lowest BCUT2D eigenvalue weighted by atomic mass is 9.94. The highest BCUT2D eigenvalue weighted by molar-refractivity contribution is 6.35. The maximum atomic E-state index is 13.7. The first kappa shape index (κ1) is 22.9. The van der Waals surface area contributed by atoms with E-state index < -0.39 is 18.1 Å². The van der Waals surface area contributed by atoms with Gasteiger partial charge < -0.3 is 4.42 Å². The molecule has 0 spiro atoms. The molecule has 0 unspecified atom stereocenters. The number of amides is 2. The second kappa shape index (κ2) is 9.13. The fourth-order valence-corrected chi connectivity index (χ4v) is 5.21. The molecule has 2 aliphatic rings. The summed E-state index contributed by atoms with van der Waals surface area (Å²) in [5, 5.41) is 2.62. The van der Waals surface area contributed by atoms with Crippen LogP contribution < -0.4 is 5.06 Å². The second-order valence-electron chi connectivity index (χ2n) is 8.73.